The van der Waals surface area contributed by atoms with Gasteiger partial charge in [0.15, 0.2) is 0 Å². The molecule has 0 radical (unpaired) electrons. The van der Waals surface area contributed by atoms with Gasteiger partial charge in [-0.2, -0.15) is 0 Å². The molecule has 2 aromatic rings. The molecule has 0 atom stereocenters. The molecule has 3 rings (SSSR count). The van der Waals surface area contributed by atoms with Gasteiger partial charge in [0, 0.05) is 6.54 Å². The minimum Gasteiger partial charge on any atom is -0.494 e. The Kier molecular flexibility index (Phi) is 4.65. The van der Waals surface area contributed by atoms with E-state index in [-0.39, 0.29) is 0 Å². The number of anilines is 1. The Hall–Kier alpha value is -2.62. The third kappa shape index (κ3) is 3.18. The van der Waals surface area contributed by atoms with Crippen LogP contribution in [0.1, 0.15) is 34.3 Å². The summed E-state index contributed by atoms with van der Waals surface area (Å²) in [6.07, 6.45) is 1.62. The fourth-order valence-electron chi connectivity index (χ4n) is 2.84. The fourth-order valence-corrected chi connectivity index (χ4v) is 2.84. The molecule has 1 amide bonds. The standard InChI is InChI=1S/C20H21NO3/c1-14-9-10-16(13-15(14)2)24-12-6-5-11-21-18-8-4-3-7-17(18)19(22)20(21)23/h3-4,7-10,13H,5-6,11-12H2,1-2H3. The average molecular weight is 323 g/mol. The van der Waals surface area contributed by atoms with Crippen molar-refractivity contribution in [1.82, 2.24) is 0 Å². The fraction of sp³-hybridized carbons (Fsp3) is 0.300. The van der Waals surface area contributed by atoms with Crippen LogP contribution in [0.15, 0.2) is 42.5 Å². The molecule has 1 heterocycles. The molecule has 2 aromatic carbocycles. The van der Waals surface area contributed by atoms with E-state index in [1.807, 2.05) is 24.3 Å². The van der Waals surface area contributed by atoms with E-state index in [0.717, 1.165) is 24.3 Å². The van der Waals surface area contributed by atoms with Crippen LogP contribution in [-0.2, 0) is 4.79 Å². The molecule has 0 unspecified atom stereocenters. The molecule has 4 nitrogen and oxygen atoms in total. The van der Waals surface area contributed by atoms with E-state index in [9.17, 15) is 9.59 Å². The van der Waals surface area contributed by atoms with Crippen LogP contribution in [0.2, 0.25) is 0 Å². The second-order valence-corrected chi connectivity index (χ2v) is 6.10. The number of fused-ring (bicyclic) bond motifs is 1. The molecule has 0 fully saturated rings. The molecule has 0 saturated carbocycles. The van der Waals surface area contributed by atoms with Gasteiger partial charge in [-0.05, 0) is 62.1 Å². The van der Waals surface area contributed by atoms with E-state index >= 15 is 0 Å². The zero-order valence-electron chi connectivity index (χ0n) is 14.0. The number of rotatable bonds is 6. The highest BCUT2D eigenvalue weighted by atomic mass is 16.5. The topological polar surface area (TPSA) is 46.6 Å². The SMILES string of the molecule is Cc1ccc(OCCCCN2C(=O)C(=O)c3ccccc32)cc1C. The van der Waals surface area contributed by atoms with Gasteiger partial charge in [-0.15, -0.1) is 0 Å². The van der Waals surface area contributed by atoms with Crippen molar-refractivity contribution >= 4 is 17.4 Å². The minimum atomic E-state index is -0.425. The number of nitrogens with zero attached hydrogens (tertiary/aromatic N) is 1. The van der Waals surface area contributed by atoms with Crippen LogP contribution in [0.3, 0.4) is 0 Å². The van der Waals surface area contributed by atoms with Gasteiger partial charge in [-0.1, -0.05) is 18.2 Å². The van der Waals surface area contributed by atoms with Gasteiger partial charge in [-0.25, -0.2) is 0 Å². The first-order valence-corrected chi connectivity index (χ1v) is 8.23. The largest absolute Gasteiger partial charge is 0.494 e. The minimum absolute atomic E-state index is 0.406. The lowest BCUT2D eigenvalue weighted by Gasteiger charge is -2.16. The van der Waals surface area contributed by atoms with E-state index < -0.39 is 11.7 Å². The molecule has 0 aromatic heterocycles. The zero-order chi connectivity index (χ0) is 17.1. The molecule has 124 valence electrons. The smallest absolute Gasteiger partial charge is 0.299 e. The number of Topliss-reactive ketones (excluding diaryl/α,β-unsaturated/α-hetero) is 1. The van der Waals surface area contributed by atoms with Crippen LogP contribution >= 0.6 is 0 Å². The maximum atomic E-state index is 12.1. The van der Waals surface area contributed by atoms with Crippen molar-refractivity contribution in [3.8, 4) is 5.75 Å². The quantitative estimate of drug-likeness (QED) is 0.601. The first-order chi connectivity index (χ1) is 11.6. The molecule has 4 heteroatoms. The number of hydrogen-bond donors (Lipinski definition) is 0. The highest BCUT2D eigenvalue weighted by molar-refractivity contribution is 6.52. The first-order valence-electron chi connectivity index (χ1n) is 8.23. The van der Waals surface area contributed by atoms with Gasteiger partial charge in [-0.3, -0.25) is 9.59 Å². The van der Waals surface area contributed by atoms with Gasteiger partial charge >= 0.3 is 0 Å². The predicted molar refractivity (Wildman–Crippen MR) is 93.8 cm³/mol. The number of unbranched alkanes of at least 4 members (excludes halogenated alkanes) is 1. The number of amides is 1. The van der Waals surface area contributed by atoms with Crippen molar-refractivity contribution < 1.29 is 14.3 Å². The molecule has 0 N–H and O–H groups in total. The van der Waals surface area contributed by atoms with Crippen molar-refractivity contribution in [2.45, 2.75) is 26.7 Å². The van der Waals surface area contributed by atoms with E-state index in [1.54, 1.807) is 17.0 Å². The third-order valence-electron chi connectivity index (χ3n) is 4.40. The molecule has 1 aliphatic rings. The van der Waals surface area contributed by atoms with Gasteiger partial charge in [0.1, 0.15) is 5.75 Å². The van der Waals surface area contributed by atoms with Crippen LogP contribution < -0.4 is 9.64 Å². The maximum Gasteiger partial charge on any atom is 0.299 e. The summed E-state index contributed by atoms with van der Waals surface area (Å²) in [5.41, 5.74) is 3.69. The Morgan fingerprint density at radius 1 is 0.958 bits per heavy atom. The number of carbonyl (C=O) groups is 2. The molecule has 0 aliphatic carbocycles. The summed E-state index contributed by atoms with van der Waals surface area (Å²) < 4.78 is 5.75. The number of carbonyl (C=O) groups excluding carboxylic acids is 2. The summed E-state index contributed by atoms with van der Waals surface area (Å²) in [6.45, 7) is 5.28. The number of aryl methyl sites for hydroxylation is 2. The zero-order valence-corrected chi connectivity index (χ0v) is 14.0. The first kappa shape index (κ1) is 16.2. The van der Waals surface area contributed by atoms with Gasteiger partial charge in [0.2, 0.25) is 0 Å². The lowest BCUT2D eigenvalue weighted by Crippen LogP contribution is -2.30. The summed E-state index contributed by atoms with van der Waals surface area (Å²) in [5, 5.41) is 0. The lowest BCUT2D eigenvalue weighted by atomic mass is 10.1. The summed E-state index contributed by atoms with van der Waals surface area (Å²) >= 11 is 0. The second kappa shape index (κ2) is 6.87. The Morgan fingerprint density at radius 2 is 1.75 bits per heavy atom. The highest BCUT2D eigenvalue weighted by Gasteiger charge is 2.34. The number of benzene rings is 2. The number of ether oxygens (including phenoxy) is 1. The van der Waals surface area contributed by atoms with E-state index in [2.05, 4.69) is 19.9 Å². The van der Waals surface area contributed by atoms with Crippen LogP contribution in [-0.4, -0.2) is 24.8 Å². The Labute approximate surface area is 142 Å². The summed E-state index contributed by atoms with van der Waals surface area (Å²) in [7, 11) is 0. The summed E-state index contributed by atoms with van der Waals surface area (Å²) in [5.74, 6) is 0.0409. The Morgan fingerprint density at radius 3 is 2.54 bits per heavy atom. The van der Waals surface area contributed by atoms with Crippen LogP contribution in [0.5, 0.6) is 5.75 Å². The molecule has 0 spiro atoms. The van der Waals surface area contributed by atoms with Crippen molar-refractivity contribution in [1.29, 1.82) is 0 Å². The highest BCUT2D eigenvalue weighted by Crippen LogP contribution is 2.28. The van der Waals surface area contributed by atoms with Gasteiger partial charge in [0.05, 0.1) is 17.9 Å². The molecular formula is C20H21NO3. The van der Waals surface area contributed by atoms with Crippen molar-refractivity contribution in [2.75, 3.05) is 18.1 Å². The number of ketones is 1. The normalized spacial score (nSPS) is 13.3. The van der Waals surface area contributed by atoms with Crippen LogP contribution in [0.4, 0.5) is 5.69 Å². The van der Waals surface area contributed by atoms with Gasteiger partial charge < -0.3 is 9.64 Å². The molecule has 1 aliphatic heterocycles. The number of hydrogen-bond acceptors (Lipinski definition) is 3. The lowest BCUT2D eigenvalue weighted by molar-refractivity contribution is -0.114. The molecule has 0 bridgehead atoms. The predicted octanol–water partition coefficient (Wildman–Crippen LogP) is 3.69. The van der Waals surface area contributed by atoms with Crippen molar-refractivity contribution in [3.63, 3.8) is 0 Å². The van der Waals surface area contributed by atoms with E-state index in [0.29, 0.717) is 18.7 Å². The second-order valence-electron chi connectivity index (χ2n) is 6.10. The summed E-state index contributed by atoms with van der Waals surface area (Å²) in [4.78, 5) is 25.6. The Bertz CT molecular complexity index is 782. The average Bonchev–Trinajstić information content (AvgIpc) is 2.83. The monoisotopic (exact) mass is 323 g/mol. The molecule has 24 heavy (non-hydrogen) atoms. The van der Waals surface area contributed by atoms with Crippen molar-refractivity contribution in [2.24, 2.45) is 0 Å². The van der Waals surface area contributed by atoms with Crippen molar-refractivity contribution in [3.05, 3.63) is 59.2 Å². The van der Waals surface area contributed by atoms with E-state index in [4.69, 9.17) is 4.74 Å². The Balaban J connectivity index is 1.49. The van der Waals surface area contributed by atoms with Crippen LogP contribution in [0, 0.1) is 13.8 Å². The molecular weight excluding hydrogens is 302 g/mol. The van der Waals surface area contributed by atoms with Gasteiger partial charge in [0.25, 0.3) is 11.7 Å². The molecule has 0 saturated heterocycles. The maximum absolute atomic E-state index is 12.1. The summed E-state index contributed by atoms with van der Waals surface area (Å²) in [6, 6.07) is 13.2. The van der Waals surface area contributed by atoms with Crippen LogP contribution in [0.25, 0.3) is 0 Å². The third-order valence-corrected chi connectivity index (χ3v) is 4.40. The van der Waals surface area contributed by atoms with E-state index in [1.165, 1.54) is 11.1 Å². The number of para-hydroxylation sites is 1.